The lowest BCUT2D eigenvalue weighted by Gasteiger charge is -2.21. The highest BCUT2D eigenvalue weighted by atomic mass is 32.1. The second kappa shape index (κ2) is 9.49. The lowest BCUT2D eigenvalue weighted by Crippen LogP contribution is -2.37. The standard InChI is InChI=1S/C23H26N2OS/c1-3-20(18-13-11-17(2)12-14-18)25-22(26)16-24-23(21-10-7-15-27-21)19-8-5-4-6-9-19/h4-15,20,23-24H,3,16H2,1-2H3,(H,25,26)/t20-,23-/m1/s1. The van der Waals surface area contributed by atoms with Gasteiger partial charge in [-0.3, -0.25) is 10.1 Å². The van der Waals surface area contributed by atoms with E-state index in [0.717, 1.165) is 12.0 Å². The van der Waals surface area contributed by atoms with E-state index in [9.17, 15) is 4.79 Å². The topological polar surface area (TPSA) is 41.1 Å². The van der Waals surface area contributed by atoms with Gasteiger partial charge in [-0.15, -0.1) is 11.3 Å². The van der Waals surface area contributed by atoms with Gasteiger partial charge in [0, 0.05) is 4.88 Å². The third-order valence-electron chi connectivity index (χ3n) is 4.65. The third kappa shape index (κ3) is 5.28. The fourth-order valence-corrected chi connectivity index (χ4v) is 3.97. The summed E-state index contributed by atoms with van der Waals surface area (Å²) in [7, 11) is 0. The molecule has 3 nitrogen and oxygen atoms in total. The van der Waals surface area contributed by atoms with Crippen molar-refractivity contribution in [2.24, 2.45) is 0 Å². The first-order valence-electron chi connectivity index (χ1n) is 9.35. The average Bonchev–Trinajstić information content (AvgIpc) is 3.22. The Balaban J connectivity index is 1.64. The van der Waals surface area contributed by atoms with E-state index < -0.39 is 0 Å². The first kappa shape index (κ1) is 19.3. The number of benzene rings is 2. The molecular formula is C23H26N2OS. The zero-order valence-corrected chi connectivity index (χ0v) is 16.6. The van der Waals surface area contributed by atoms with Crippen LogP contribution in [0.3, 0.4) is 0 Å². The summed E-state index contributed by atoms with van der Waals surface area (Å²) in [6.45, 7) is 4.44. The molecule has 0 unspecified atom stereocenters. The molecule has 0 radical (unpaired) electrons. The van der Waals surface area contributed by atoms with Gasteiger partial charge in [0.1, 0.15) is 0 Å². The normalized spacial score (nSPS) is 13.1. The Morgan fingerprint density at radius 3 is 2.33 bits per heavy atom. The highest BCUT2D eigenvalue weighted by Gasteiger charge is 2.17. The van der Waals surface area contributed by atoms with Crippen molar-refractivity contribution in [1.29, 1.82) is 0 Å². The van der Waals surface area contributed by atoms with Crippen LogP contribution in [-0.4, -0.2) is 12.5 Å². The van der Waals surface area contributed by atoms with Crippen molar-refractivity contribution >= 4 is 17.2 Å². The molecule has 3 aromatic rings. The minimum atomic E-state index is 0.0138. The molecule has 1 amide bonds. The maximum Gasteiger partial charge on any atom is 0.234 e. The maximum absolute atomic E-state index is 12.6. The number of hydrogen-bond donors (Lipinski definition) is 2. The molecule has 0 fully saturated rings. The summed E-state index contributed by atoms with van der Waals surface area (Å²) < 4.78 is 0. The zero-order chi connectivity index (χ0) is 19.1. The highest BCUT2D eigenvalue weighted by molar-refractivity contribution is 7.10. The maximum atomic E-state index is 12.6. The fraction of sp³-hybridized carbons (Fsp3) is 0.261. The minimum absolute atomic E-state index is 0.0138. The summed E-state index contributed by atoms with van der Waals surface area (Å²) >= 11 is 1.70. The van der Waals surface area contributed by atoms with Crippen LogP contribution in [0, 0.1) is 6.92 Å². The van der Waals surface area contributed by atoms with E-state index >= 15 is 0 Å². The second-order valence-corrected chi connectivity index (χ2v) is 7.66. The predicted molar refractivity (Wildman–Crippen MR) is 113 cm³/mol. The molecule has 1 heterocycles. The summed E-state index contributed by atoms with van der Waals surface area (Å²) in [6.07, 6.45) is 0.863. The van der Waals surface area contributed by atoms with Gasteiger partial charge >= 0.3 is 0 Å². The van der Waals surface area contributed by atoms with Gasteiger partial charge in [-0.2, -0.15) is 0 Å². The molecule has 2 atom stereocenters. The molecule has 4 heteroatoms. The number of nitrogens with one attached hydrogen (secondary N) is 2. The van der Waals surface area contributed by atoms with Crippen LogP contribution in [0.5, 0.6) is 0 Å². The van der Waals surface area contributed by atoms with Crippen molar-refractivity contribution in [3.63, 3.8) is 0 Å². The molecular weight excluding hydrogens is 352 g/mol. The Labute approximate surface area is 165 Å². The van der Waals surface area contributed by atoms with E-state index in [2.05, 4.69) is 72.3 Å². The van der Waals surface area contributed by atoms with Crippen LogP contribution in [0.15, 0.2) is 72.1 Å². The van der Waals surface area contributed by atoms with Crippen LogP contribution in [0.25, 0.3) is 0 Å². The van der Waals surface area contributed by atoms with Gasteiger partial charge in [-0.25, -0.2) is 0 Å². The Morgan fingerprint density at radius 2 is 1.70 bits per heavy atom. The summed E-state index contributed by atoms with van der Waals surface area (Å²) in [5, 5.41) is 8.65. The number of thiophene rings is 1. The van der Waals surface area contributed by atoms with Gasteiger partial charge < -0.3 is 5.32 Å². The SMILES string of the molecule is CC[C@@H](NC(=O)CN[C@H](c1ccccc1)c1cccs1)c1ccc(C)cc1. The molecule has 1 aromatic heterocycles. The predicted octanol–water partition coefficient (Wildman–Crippen LogP) is 5.00. The number of amides is 1. The smallest absolute Gasteiger partial charge is 0.234 e. The van der Waals surface area contributed by atoms with Gasteiger partial charge in [-0.1, -0.05) is 73.2 Å². The van der Waals surface area contributed by atoms with E-state index in [1.807, 2.05) is 24.3 Å². The number of carbonyl (C=O) groups is 1. The van der Waals surface area contributed by atoms with Gasteiger partial charge in [0.15, 0.2) is 0 Å². The summed E-state index contributed by atoms with van der Waals surface area (Å²) in [5.74, 6) is 0.0138. The average molecular weight is 379 g/mol. The second-order valence-electron chi connectivity index (χ2n) is 6.68. The Morgan fingerprint density at radius 1 is 0.963 bits per heavy atom. The number of carbonyl (C=O) groups excluding carboxylic acids is 1. The molecule has 0 spiro atoms. The van der Waals surface area contributed by atoms with Crippen molar-refractivity contribution in [2.75, 3.05) is 6.54 Å². The van der Waals surface area contributed by atoms with Crippen LogP contribution in [0.4, 0.5) is 0 Å². The van der Waals surface area contributed by atoms with E-state index in [4.69, 9.17) is 0 Å². The third-order valence-corrected chi connectivity index (χ3v) is 5.59. The molecule has 0 saturated heterocycles. The van der Waals surface area contributed by atoms with E-state index in [1.54, 1.807) is 11.3 Å². The molecule has 0 aliphatic rings. The largest absolute Gasteiger partial charge is 0.348 e. The zero-order valence-electron chi connectivity index (χ0n) is 15.8. The molecule has 2 aromatic carbocycles. The Hall–Kier alpha value is -2.43. The molecule has 27 heavy (non-hydrogen) atoms. The Bertz CT molecular complexity index is 829. The summed E-state index contributed by atoms with van der Waals surface area (Å²) in [5.41, 5.74) is 3.54. The van der Waals surface area contributed by atoms with E-state index in [-0.39, 0.29) is 24.5 Å². The van der Waals surface area contributed by atoms with Crippen LogP contribution < -0.4 is 10.6 Å². The molecule has 0 bridgehead atoms. The minimum Gasteiger partial charge on any atom is -0.348 e. The van der Waals surface area contributed by atoms with Crippen molar-refractivity contribution in [1.82, 2.24) is 10.6 Å². The summed E-state index contributed by atoms with van der Waals surface area (Å²) in [4.78, 5) is 13.8. The van der Waals surface area contributed by atoms with Gasteiger partial charge in [0.25, 0.3) is 0 Å². The lowest BCUT2D eigenvalue weighted by atomic mass is 10.0. The number of hydrogen-bond acceptors (Lipinski definition) is 3. The molecule has 3 rings (SSSR count). The van der Waals surface area contributed by atoms with Crippen molar-refractivity contribution < 1.29 is 4.79 Å². The van der Waals surface area contributed by atoms with Crippen LogP contribution in [0.1, 0.15) is 47.0 Å². The molecule has 140 valence electrons. The van der Waals surface area contributed by atoms with Gasteiger partial charge in [-0.05, 0) is 35.9 Å². The highest BCUT2D eigenvalue weighted by Crippen LogP contribution is 2.25. The summed E-state index contributed by atoms with van der Waals surface area (Å²) in [6, 6.07) is 22.8. The fourth-order valence-electron chi connectivity index (χ4n) is 3.14. The first-order valence-corrected chi connectivity index (χ1v) is 10.2. The van der Waals surface area contributed by atoms with Crippen molar-refractivity contribution in [3.8, 4) is 0 Å². The lowest BCUT2D eigenvalue weighted by molar-refractivity contribution is -0.121. The molecule has 0 saturated carbocycles. The molecule has 2 N–H and O–H groups in total. The van der Waals surface area contributed by atoms with Crippen LogP contribution >= 0.6 is 11.3 Å². The number of aryl methyl sites for hydroxylation is 1. The molecule has 0 aliphatic carbocycles. The Kier molecular flexibility index (Phi) is 6.80. The van der Waals surface area contributed by atoms with Gasteiger partial charge in [0.05, 0.1) is 18.6 Å². The van der Waals surface area contributed by atoms with E-state index in [0.29, 0.717) is 0 Å². The van der Waals surface area contributed by atoms with Crippen molar-refractivity contribution in [3.05, 3.63) is 93.7 Å². The van der Waals surface area contributed by atoms with Gasteiger partial charge in [0.2, 0.25) is 5.91 Å². The van der Waals surface area contributed by atoms with Crippen LogP contribution in [0.2, 0.25) is 0 Å². The first-order chi connectivity index (χ1) is 13.2. The van der Waals surface area contributed by atoms with Crippen LogP contribution in [-0.2, 0) is 4.79 Å². The van der Waals surface area contributed by atoms with E-state index in [1.165, 1.54) is 16.0 Å². The number of rotatable bonds is 8. The molecule has 0 aliphatic heterocycles. The quantitative estimate of drug-likeness (QED) is 0.579. The van der Waals surface area contributed by atoms with Crippen molar-refractivity contribution in [2.45, 2.75) is 32.4 Å². The monoisotopic (exact) mass is 378 g/mol.